The Kier molecular flexibility index (Phi) is 5.27. The van der Waals surface area contributed by atoms with E-state index < -0.39 is 17.9 Å². The fourth-order valence-corrected chi connectivity index (χ4v) is 2.82. The minimum absolute atomic E-state index is 0.266. The van der Waals surface area contributed by atoms with Gasteiger partial charge in [0.25, 0.3) is 5.91 Å². The van der Waals surface area contributed by atoms with E-state index in [2.05, 4.69) is 10.3 Å². The first kappa shape index (κ1) is 17.6. The molecule has 5 heteroatoms. The van der Waals surface area contributed by atoms with Gasteiger partial charge in [0.15, 0.2) is 0 Å². The first-order valence-corrected chi connectivity index (χ1v) is 8.37. The second-order valence-electron chi connectivity index (χ2n) is 6.07. The van der Waals surface area contributed by atoms with Crippen LogP contribution in [0.4, 0.5) is 0 Å². The molecule has 132 valence electrons. The van der Waals surface area contributed by atoms with E-state index >= 15 is 0 Å². The predicted molar refractivity (Wildman–Crippen MR) is 99.9 cm³/mol. The highest BCUT2D eigenvalue weighted by molar-refractivity contribution is 5.97. The van der Waals surface area contributed by atoms with E-state index in [0.717, 1.165) is 22.0 Å². The monoisotopic (exact) mass is 348 g/mol. The van der Waals surface area contributed by atoms with Crippen molar-refractivity contribution in [2.24, 2.45) is 0 Å². The average molecular weight is 348 g/mol. The van der Waals surface area contributed by atoms with E-state index in [1.165, 1.54) is 7.11 Å². The summed E-state index contributed by atoms with van der Waals surface area (Å²) in [6.07, 6.45) is 0.360. The number of benzene rings is 2. The zero-order valence-electron chi connectivity index (χ0n) is 14.7. The van der Waals surface area contributed by atoms with Crippen molar-refractivity contribution in [3.63, 3.8) is 0 Å². The van der Waals surface area contributed by atoms with Gasteiger partial charge in [0, 0.05) is 11.8 Å². The number of ether oxygens (including phenoxy) is 1. The number of para-hydroxylation sites is 1. The normalized spacial score (nSPS) is 11.8. The number of carbonyl (C=O) groups excluding carboxylic acids is 2. The molecule has 0 aliphatic rings. The Bertz CT molecular complexity index is 953. The van der Waals surface area contributed by atoms with Gasteiger partial charge in [-0.3, -0.25) is 4.79 Å². The van der Waals surface area contributed by atoms with E-state index in [9.17, 15) is 9.59 Å². The van der Waals surface area contributed by atoms with E-state index in [1.54, 1.807) is 6.07 Å². The summed E-state index contributed by atoms with van der Waals surface area (Å²) in [5.41, 5.74) is 3.03. The van der Waals surface area contributed by atoms with E-state index in [4.69, 9.17) is 4.74 Å². The van der Waals surface area contributed by atoms with E-state index in [0.29, 0.717) is 6.42 Å². The number of hydrogen-bond acceptors (Lipinski definition) is 4. The molecule has 0 aliphatic carbocycles. The van der Waals surface area contributed by atoms with Gasteiger partial charge in [0.1, 0.15) is 11.7 Å². The number of nitrogens with zero attached hydrogens (tertiary/aromatic N) is 1. The highest BCUT2D eigenvalue weighted by Gasteiger charge is 2.23. The SMILES string of the molecule is COC(=O)[C@@H](Cc1ccccc1C)NC(=O)c1ccc2ccccc2n1. The number of aryl methyl sites for hydroxylation is 1. The molecule has 0 bridgehead atoms. The third kappa shape index (κ3) is 3.88. The summed E-state index contributed by atoms with van der Waals surface area (Å²) in [4.78, 5) is 29.1. The lowest BCUT2D eigenvalue weighted by Gasteiger charge is -2.17. The Labute approximate surface area is 152 Å². The summed E-state index contributed by atoms with van der Waals surface area (Å²) in [5, 5.41) is 3.70. The van der Waals surface area contributed by atoms with Crippen molar-refractivity contribution in [1.82, 2.24) is 10.3 Å². The van der Waals surface area contributed by atoms with Crippen molar-refractivity contribution in [2.75, 3.05) is 7.11 Å². The Balaban J connectivity index is 1.82. The second-order valence-corrected chi connectivity index (χ2v) is 6.07. The molecular formula is C21H20N2O3. The maximum absolute atomic E-state index is 12.6. The van der Waals surface area contributed by atoms with Crippen LogP contribution in [0.25, 0.3) is 10.9 Å². The molecule has 5 nitrogen and oxygen atoms in total. The molecule has 0 spiro atoms. The maximum Gasteiger partial charge on any atom is 0.328 e. The molecule has 0 aliphatic heterocycles. The van der Waals surface area contributed by atoms with Gasteiger partial charge < -0.3 is 10.1 Å². The van der Waals surface area contributed by atoms with Crippen LogP contribution >= 0.6 is 0 Å². The van der Waals surface area contributed by atoms with Gasteiger partial charge in [0.05, 0.1) is 12.6 Å². The van der Waals surface area contributed by atoms with Crippen molar-refractivity contribution in [3.05, 3.63) is 77.5 Å². The van der Waals surface area contributed by atoms with Gasteiger partial charge in [0.2, 0.25) is 0 Å². The van der Waals surface area contributed by atoms with Crippen LogP contribution in [-0.2, 0) is 16.0 Å². The Morgan fingerprint density at radius 3 is 2.54 bits per heavy atom. The lowest BCUT2D eigenvalue weighted by atomic mass is 10.0. The van der Waals surface area contributed by atoms with Gasteiger partial charge in [-0.05, 0) is 30.2 Å². The number of fused-ring (bicyclic) bond motifs is 1. The highest BCUT2D eigenvalue weighted by Crippen LogP contribution is 2.13. The summed E-state index contributed by atoms with van der Waals surface area (Å²) in [6.45, 7) is 1.97. The van der Waals surface area contributed by atoms with Crippen LogP contribution in [0.15, 0.2) is 60.7 Å². The van der Waals surface area contributed by atoms with E-state index in [-0.39, 0.29) is 5.69 Å². The molecule has 0 radical (unpaired) electrons. The lowest BCUT2D eigenvalue weighted by Crippen LogP contribution is -2.43. The first-order chi connectivity index (χ1) is 12.6. The van der Waals surface area contributed by atoms with Gasteiger partial charge in [-0.2, -0.15) is 0 Å². The zero-order valence-corrected chi connectivity index (χ0v) is 14.7. The lowest BCUT2D eigenvalue weighted by molar-refractivity contribution is -0.142. The van der Waals surface area contributed by atoms with Crippen molar-refractivity contribution >= 4 is 22.8 Å². The molecule has 0 unspecified atom stereocenters. The standard InChI is InChI=1S/C21H20N2O3/c1-14-7-3-4-9-16(14)13-19(21(25)26-2)23-20(24)18-12-11-15-8-5-6-10-17(15)22-18/h3-12,19H,13H2,1-2H3,(H,23,24)/t19-/m1/s1. The number of hydrogen-bond donors (Lipinski definition) is 1. The molecule has 2 aromatic carbocycles. The molecule has 1 aromatic heterocycles. The summed E-state index contributed by atoms with van der Waals surface area (Å²) in [6, 6.07) is 18.0. The van der Waals surface area contributed by atoms with Crippen LogP contribution in [0.1, 0.15) is 21.6 Å². The van der Waals surface area contributed by atoms with Crippen LogP contribution in [0.2, 0.25) is 0 Å². The zero-order chi connectivity index (χ0) is 18.5. The maximum atomic E-state index is 12.6. The van der Waals surface area contributed by atoms with E-state index in [1.807, 2.05) is 61.5 Å². The highest BCUT2D eigenvalue weighted by atomic mass is 16.5. The van der Waals surface area contributed by atoms with Gasteiger partial charge in [-0.15, -0.1) is 0 Å². The molecule has 1 heterocycles. The van der Waals surface area contributed by atoms with Crippen LogP contribution in [0.5, 0.6) is 0 Å². The van der Waals surface area contributed by atoms with Crippen LogP contribution in [0, 0.1) is 6.92 Å². The first-order valence-electron chi connectivity index (χ1n) is 8.37. The second kappa shape index (κ2) is 7.78. The third-order valence-corrected chi connectivity index (χ3v) is 4.31. The Morgan fingerprint density at radius 1 is 1.04 bits per heavy atom. The molecule has 1 amide bonds. The molecule has 1 N–H and O–H groups in total. The fraction of sp³-hybridized carbons (Fsp3) is 0.190. The minimum Gasteiger partial charge on any atom is -0.467 e. The largest absolute Gasteiger partial charge is 0.467 e. The number of esters is 1. The molecule has 0 saturated carbocycles. The summed E-state index contributed by atoms with van der Waals surface area (Å²) < 4.78 is 4.86. The van der Waals surface area contributed by atoms with Crippen LogP contribution in [-0.4, -0.2) is 30.0 Å². The molecular weight excluding hydrogens is 328 g/mol. The topological polar surface area (TPSA) is 68.3 Å². The Hall–Kier alpha value is -3.21. The number of pyridine rings is 1. The summed E-state index contributed by atoms with van der Waals surface area (Å²) >= 11 is 0. The summed E-state index contributed by atoms with van der Waals surface area (Å²) in [7, 11) is 1.31. The average Bonchev–Trinajstić information content (AvgIpc) is 2.68. The van der Waals surface area contributed by atoms with Gasteiger partial charge in [-0.25, -0.2) is 9.78 Å². The molecule has 3 aromatic rings. The number of rotatable bonds is 5. The van der Waals surface area contributed by atoms with Gasteiger partial charge in [-0.1, -0.05) is 48.5 Å². The fourth-order valence-electron chi connectivity index (χ4n) is 2.82. The van der Waals surface area contributed by atoms with Crippen molar-refractivity contribution in [1.29, 1.82) is 0 Å². The third-order valence-electron chi connectivity index (χ3n) is 4.31. The molecule has 3 rings (SSSR count). The number of nitrogens with one attached hydrogen (secondary N) is 1. The van der Waals surface area contributed by atoms with Crippen LogP contribution < -0.4 is 5.32 Å². The minimum atomic E-state index is -0.776. The predicted octanol–water partition coefficient (Wildman–Crippen LogP) is 3.06. The number of aromatic nitrogens is 1. The van der Waals surface area contributed by atoms with Crippen LogP contribution in [0.3, 0.4) is 0 Å². The molecule has 26 heavy (non-hydrogen) atoms. The molecule has 1 atom stereocenters. The summed E-state index contributed by atoms with van der Waals surface area (Å²) in [5.74, 6) is -0.887. The quantitative estimate of drug-likeness (QED) is 0.720. The van der Waals surface area contributed by atoms with Gasteiger partial charge >= 0.3 is 5.97 Å². The molecule has 0 fully saturated rings. The van der Waals surface area contributed by atoms with Crippen molar-refractivity contribution in [3.8, 4) is 0 Å². The number of carbonyl (C=O) groups is 2. The number of amides is 1. The van der Waals surface area contributed by atoms with Crippen molar-refractivity contribution < 1.29 is 14.3 Å². The number of methoxy groups -OCH3 is 1. The smallest absolute Gasteiger partial charge is 0.328 e. The molecule has 0 saturated heterocycles. The Morgan fingerprint density at radius 2 is 1.77 bits per heavy atom. The van der Waals surface area contributed by atoms with Crippen molar-refractivity contribution in [2.45, 2.75) is 19.4 Å².